The number of benzene rings is 1. The lowest BCUT2D eigenvalue weighted by molar-refractivity contribution is 0.418. The van der Waals surface area contributed by atoms with E-state index in [1.54, 1.807) is 0 Å². The molecule has 0 N–H and O–H groups in total. The van der Waals surface area contributed by atoms with Crippen molar-refractivity contribution < 1.29 is 4.74 Å². The average molecular weight is 202 g/mol. The molecule has 0 radical (unpaired) electrons. The van der Waals surface area contributed by atoms with E-state index in [9.17, 15) is 0 Å². The molecule has 1 saturated heterocycles. The maximum atomic E-state index is 5.25. The normalized spacial score (nSPS) is 19.6. The Morgan fingerprint density at radius 1 is 1.07 bits per heavy atom. The van der Waals surface area contributed by atoms with Gasteiger partial charge in [-0.05, 0) is 17.7 Å². The van der Waals surface area contributed by atoms with Gasteiger partial charge in [-0.25, -0.2) is 0 Å². The van der Waals surface area contributed by atoms with Gasteiger partial charge in [0.15, 0.2) is 0 Å². The maximum Gasteiger partial charge on any atom is 0.115 e. The SMILES string of the molecule is c1ccc(-c2ccc(C3CO3)s2)cc1. The summed E-state index contributed by atoms with van der Waals surface area (Å²) in [6, 6.07) is 14.8. The summed E-state index contributed by atoms with van der Waals surface area (Å²) in [5.41, 5.74) is 1.30. The van der Waals surface area contributed by atoms with Crippen LogP contribution in [0.2, 0.25) is 0 Å². The van der Waals surface area contributed by atoms with E-state index in [0.717, 1.165) is 6.61 Å². The van der Waals surface area contributed by atoms with E-state index in [1.165, 1.54) is 15.3 Å². The van der Waals surface area contributed by atoms with E-state index in [-0.39, 0.29) is 0 Å². The third-order valence-electron chi connectivity index (χ3n) is 2.34. The monoisotopic (exact) mass is 202 g/mol. The Labute approximate surface area is 87.0 Å². The van der Waals surface area contributed by atoms with Crippen molar-refractivity contribution in [3.63, 3.8) is 0 Å². The van der Waals surface area contributed by atoms with Gasteiger partial charge in [-0.2, -0.15) is 0 Å². The molecule has 1 aromatic carbocycles. The zero-order valence-corrected chi connectivity index (χ0v) is 8.46. The molecule has 1 aliphatic rings. The fraction of sp³-hybridized carbons (Fsp3) is 0.167. The van der Waals surface area contributed by atoms with Crippen molar-refractivity contribution in [3.8, 4) is 10.4 Å². The molecule has 2 heteroatoms. The molecular weight excluding hydrogens is 192 g/mol. The number of hydrogen-bond donors (Lipinski definition) is 0. The molecule has 1 atom stereocenters. The highest BCUT2D eigenvalue weighted by Crippen LogP contribution is 2.38. The summed E-state index contributed by atoms with van der Waals surface area (Å²) < 4.78 is 5.25. The van der Waals surface area contributed by atoms with Crippen LogP contribution in [0.4, 0.5) is 0 Å². The summed E-state index contributed by atoms with van der Waals surface area (Å²) in [6.45, 7) is 0.898. The summed E-state index contributed by atoms with van der Waals surface area (Å²) in [5.74, 6) is 0. The lowest BCUT2D eigenvalue weighted by atomic mass is 10.2. The molecule has 3 rings (SSSR count). The van der Waals surface area contributed by atoms with Gasteiger partial charge in [-0.15, -0.1) is 11.3 Å². The predicted molar refractivity (Wildman–Crippen MR) is 58.4 cm³/mol. The van der Waals surface area contributed by atoms with Crippen LogP contribution in [0, 0.1) is 0 Å². The highest BCUT2D eigenvalue weighted by Gasteiger charge is 2.26. The van der Waals surface area contributed by atoms with Gasteiger partial charge >= 0.3 is 0 Å². The Kier molecular flexibility index (Phi) is 1.89. The molecule has 2 aromatic rings. The molecular formula is C12H10OS. The van der Waals surface area contributed by atoms with Gasteiger partial charge < -0.3 is 4.74 Å². The standard InChI is InChI=1S/C12H10OS/c1-2-4-9(5-3-1)11-6-7-12(14-11)10-8-13-10/h1-7,10H,8H2. The number of rotatable bonds is 2. The van der Waals surface area contributed by atoms with E-state index in [1.807, 2.05) is 17.4 Å². The van der Waals surface area contributed by atoms with Crippen molar-refractivity contribution in [2.75, 3.05) is 6.61 Å². The Morgan fingerprint density at radius 3 is 2.57 bits per heavy atom. The van der Waals surface area contributed by atoms with Crippen LogP contribution >= 0.6 is 11.3 Å². The number of hydrogen-bond acceptors (Lipinski definition) is 2. The van der Waals surface area contributed by atoms with Crippen LogP contribution in [0.1, 0.15) is 11.0 Å². The van der Waals surface area contributed by atoms with Crippen molar-refractivity contribution in [1.29, 1.82) is 0 Å². The lowest BCUT2D eigenvalue weighted by Crippen LogP contribution is -1.68. The van der Waals surface area contributed by atoms with Crippen molar-refractivity contribution in [3.05, 3.63) is 47.3 Å². The zero-order valence-electron chi connectivity index (χ0n) is 7.64. The topological polar surface area (TPSA) is 12.5 Å². The minimum absolute atomic E-state index is 0.387. The van der Waals surface area contributed by atoms with Crippen LogP contribution in [0.3, 0.4) is 0 Å². The second-order valence-corrected chi connectivity index (χ2v) is 4.51. The largest absolute Gasteiger partial charge is 0.367 e. The minimum Gasteiger partial charge on any atom is -0.367 e. The Morgan fingerprint density at radius 2 is 1.86 bits per heavy atom. The number of thiophene rings is 1. The van der Waals surface area contributed by atoms with Gasteiger partial charge in [0.1, 0.15) is 6.10 Å². The molecule has 0 amide bonds. The molecule has 0 bridgehead atoms. The summed E-state index contributed by atoms with van der Waals surface area (Å²) >= 11 is 1.83. The van der Waals surface area contributed by atoms with Crippen LogP contribution in [-0.4, -0.2) is 6.61 Å². The Balaban J connectivity index is 1.96. The molecule has 0 spiro atoms. The molecule has 1 unspecified atom stereocenters. The van der Waals surface area contributed by atoms with E-state index in [2.05, 4.69) is 36.4 Å². The van der Waals surface area contributed by atoms with Crippen LogP contribution in [0.25, 0.3) is 10.4 Å². The summed E-state index contributed by atoms with van der Waals surface area (Å²) in [6.07, 6.45) is 0.387. The van der Waals surface area contributed by atoms with E-state index < -0.39 is 0 Å². The van der Waals surface area contributed by atoms with E-state index in [0.29, 0.717) is 6.10 Å². The van der Waals surface area contributed by atoms with Gasteiger partial charge in [-0.3, -0.25) is 0 Å². The quantitative estimate of drug-likeness (QED) is 0.679. The first kappa shape index (κ1) is 8.21. The third kappa shape index (κ3) is 1.47. The molecule has 1 nitrogen and oxygen atoms in total. The molecule has 0 saturated carbocycles. The summed E-state index contributed by atoms with van der Waals surface area (Å²) in [4.78, 5) is 2.68. The molecule has 14 heavy (non-hydrogen) atoms. The van der Waals surface area contributed by atoms with Gasteiger partial charge in [0.25, 0.3) is 0 Å². The summed E-state index contributed by atoms with van der Waals surface area (Å²) in [7, 11) is 0. The molecule has 1 fully saturated rings. The van der Waals surface area contributed by atoms with Crippen LogP contribution in [0.15, 0.2) is 42.5 Å². The molecule has 1 aliphatic heterocycles. The smallest absolute Gasteiger partial charge is 0.115 e. The fourth-order valence-corrected chi connectivity index (χ4v) is 2.54. The van der Waals surface area contributed by atoms with Crippen molar-refractivity contribution in [2.45, 2.75) is 6.10 Å². The van der Waals surface area contributed by atoms with Gasteiger partial charge in [0.05, 0.1) is 6.61 Å². The molecule has 1 aromatic heterocycles. The highest BCUT2D eigenvalue weighted by atomic mass is 32.1. The van der Waals surface area contributed by atoms with Crippen LogP contribution < -0.4 is 0 Å². The van der Waals surface area contributed by atoms with E-state index in [4.69, 9.17) is 4.74 Å². The first-order valence-corrected chi connectivity index (χ1v) is 5.52. The Bertz CT molecular complexity index is 429. The molecule has 0 aliphatic carbocycles. The van der Waals surface area contributed by atoms with Crippen molar-refractivity contribution in [1.82, 2.24) is 0 Å². The minimum atomic E-state index is 0.387. The Hall–Kier alpha value is -1.12. The van der Waals surface area contributed by atoms with Crippen LogP contribution in [0.5, 0.6) is 0 Å². The highest BCUT2D eigenvalue weighted by molar-refractivity contribution is 7.15. The fourth-order valence-electron chi connectivity index (χ4n) is 1.50. The third-order valence-corrected chi connectivity index (χ3v) is 3.56. The molecule has 2 heterocycles. The first-order valence-electron chi connectivity index (χ1n) is 4.70. The molecule has 70 valence electrons. The maximum absolute atomic E-state index is 5.25. The average Bonchev–Trinajstić information content (AvgIpc) is 2.98. The van der Waals surface area contributed by atoms with Gasteiger partial charge in [0.2, 0.25) is 0 Å². The lowest BCUT2D eigenvalue weighted by Gasteiger charge is -1.94. The van der Waals surface area contributed by atoms with Crippen molar-refractivity contribution >= 4 is 11.3 Å². The number of ether oxygens (including phenoxy) is 1. The first-order chi connectivity index (χ1) is 6.93. The second-order valence-electron chi connectivity index (χ2n) is 3.39. The number of epoxide rings is 1. The predicted octanol–water partition coefficient (Wildman–Crippen LogP) is 3.49. The van der Waals surface area contributed by atoms with Crippen LogP contribution in [-0.2, 0) is 4.74 Å². The van der Waals surface area contributed by atoms with Crippen molar-refractivity contribution in [2.24, 2.45) is 0 Å². The van der Waals surface area contributed by atoms with Gasteiger partial charge in [0, 0.05) is 9.75 Å². The zero-order chi connectivity index (χ0) is 9.38. The van der Waals surface area contributed by atoms with E-state index >= 15 is 0 Å². The second kappa shape index (κ2) is 3.23. The summed E-state index contributed by atoms with van der Waals surface area (Å²) in [5, 5.41) is 0. The van der Waals surface area contributed by atoms with Gasteiger partial charge in [-0.1, -0.05) is 30.3 Å².